The Morgan fingerprint density at radius 1 is 1.35 bits per heavy atom. The Morgan fingerprint density at radius 2 is 2.17 bits per heavy atom. The molecule has 3 aromatic rings. The van der Waals surface area contributed by atoms with Gasteiger partial charge in [0, 0.05) is 12.1 Å². The number of benzene rings is 1. The average Bonchev–Trinajstić information content (AvgIpc) is 3.25. The van der Waals surface area contributed by atoms with Gasteiger partial charge in [0.25, 0.3) is 0 Å². The summed E-state index contributed by atoms with van der Waals surface area (Å²) in [5.41, 5.74) is 0.886. The highest BCUT2D eigenvalue weighted by Gasteiger charge is 2.16. The van der Waals surface area contributed by atoms with Gasteiger partial charge in [0.15, 0.2) is 0 Å². The fraction of sp³-hybridized carbons (Fsp3) is 0.286. The number of carbonyl (C=O) groups is 1. The molecule has 2 heterocycles. The molecule has 0 radical (unpaired) electrons. The molecule has 9 heteroatoms. The third-order valence-corrected chi connectivity index (χ3v) is 3.20. The molecule has 118 valence electrons. The molecule has 0 saturated heterocycles. The zero-order valence-corrected chi connectivity index (χ0v) is 12.5. The smallest absolute Gasteiger partial charge is 0.241 e. The van der Waals surface area contributed by atoms with Crippen molar-refractivity contribution in [2.75, 3.05) is 6.54 Å². The predicted octanol–water partition coefficient (Wildman–Crippen LogP) is 0.643. The van der Waals surface area contributed by atoms with Crippen molar-refractivity contribution >= 4 is 5.91 Å². The second kappa shape index (κ2) is 6.77. The maximum absolute atomic E-state index is 11.8. The monoisotopic (exact) mass is 313 g/mol. The van der Waals surface area contributed by atoms with E-state index in [1.54, 1.807) is 0 Å². The second-order valence-electron chi connectivity index (χ2n) is 5.03. The normalized spacial score (nSPS) is 12.0. The molecule has 1 aromatic carbocycles. The molecule has 1 amide bonds. The predicted molar refractivity (Wildman–Crippen MR) is 79.0 cm³/mol. The maximum atomic E-state index is 11.8. The fourth-order valence-electron chi connectivity index (χ4n) is 1.95. The summed E-state index contributed by atoms with van der Waals surface area (Å²) < 4.78 is 6.62. The molecule has 0 bridgehead atoms. The van der Waals surface area contributed by atoms with Crippen molar-refractivity contribution in [3.63, 3.8) is 0 Å². The van der Waals surface area contributed by atoms with Gasteiger partial charge in [-0.3, -0.25) is 4.79 Å². The topological polar surface area (TPSA) is 112 Å². The third kappa shape index (κ3) is 3.76. The van der Waals surface area contributed by atoms with Gasteiger partial charge in [0.2, 0.25) is 17.6 Å². The van der Waals surface area contributed by atoms with Crippen LogP contribution in [0.15, 0.2) is 41.2 Å². The van der Waals surface area contributed by atoms with E-state index in [-0.39, 0.29) is 18.4 Å². The van der Waals surface area contributed by atoms with Crippen LogP contribution >= 0.6 is 0 Å². The Morgan fingerprint density at radius 3 is 2.91 bits per heavy atom. The van der Waals surface area contributed by atoms with Gasteiger partial charge in [-0.1, -0.05) is 42.4 Å². The van der Waals surface area contributed by atoms with E-state index in [2.05, 4.69) is 31.0 Å². The first-order valence-corrected chi connectivity index (χ1v) is 7.09. The van der Waals surface area contributed by atoms with Crippen LogP contribution in [-0.2, 0) is 11.3 Å². The summed E-state index contributed by atoms with van der Waals surface area (Å²) in [4.78, 5) is 16.1. The number of nitrogens with zero attached hydrogens (tertiary/aromatic N) is 6. The molecule has 0 aliphatic heterocycles. The van der Waals surface area contributed by atoms with Crippen molar-refractivity contribution in [2.24, 2.45) is 0 Å². The maximum Gasteiger partial charge on any atom is 0.241 e. The highest BCUT2D eigenvalue weighted by Crippen LogP contribution is 2.18. The number of carbonyl (C=O) groups excluding carboxylic acids is 1. The van der Waals surface area contributed by atoms with Crippen molar-refractivity contribution in [3.8, 4) is 11.4 Å². The number of tetrazole rings is 1. The van der Waals surface area contributed by atoms with Crippen molar-refractivity contribution in [1.29, 1.82) is 0 Å². The molecule has 9 nitrogen and oxygen atoms in total. The van der Waals surface area contributed by atoms with E-state index in [1.807, 2.05) is 37.3 Å². The quantitative estimate of drug-likeness (QED) is 0.710. The minimum atomic E-state index is -0.188. The van der Waals surface area contributed by atoms with Gasteiger partial charge in [-0.05, 0) is 10.4 Å². The first-order chi connectivity index (χ1) is 11.2. The molecule has 1 N–H and O–H groups in total. The third-order valence-electron chi connectivity index (χ3n) is 3.20. The Labute approximate surface area is 131 Å². The average molecular weight is 313 g/mol. The highest BCUT2D eigenvalue weighted by molar-refractivity contribution is 5.75. The summed E-state index contributed by atoms with van der Waals surface area (Å²) in [5.74, 6) is 0.726. The molecule has 0 fully saturated rings. The molecule has 0 spiro atoms. The number of amides is 1. The van der Waals surface area contributed by atoms with Gasteiger partial charge in [-0.2, -0.15) is 4.98 Å². The molecular weight excluding hydrogens is 298 g/mol. The first kappa shape index (κ1) is 14.8. The van der Waals surface area contributed by atoms with Crippen molar-refractivity contribution < 1.29 is 9.32 Å². The summed E-state index contributed by atoms with van der Waals surface area (Å²) >= 11 is 0. The number of hydrogen-bond donors (Lipinski definition) is 1. The Hall–Kier alpha value is -3.10. The highest BCUT2D eigenvalue weighted by atomic mass is 16.5. The Balaban J connectivity index is 1.55. The Bertz CT molecular complexity index is 755. The molecule has 0 aliphatic rings. The van der Waals surface area contributed by atoms with Gasteiger partial charge in [-0.25, -0.2) is 4.68 Å². The van der Waals surface area contributed by atoms with E-state index < -0.39 is 0 Å². The summed E-state index contributed by atoms with van der Waals surface area (Å²) in [6, 6.07) is 9.57. The lowest BCUT2D eigenvalue weighted by Crippen LogP contribution is -2.31. The van der Waals surface area contributed by atoms with Crippen LogP contribution in [0.5, 0.6) is 0 Å². The van der Waals surface area contributed by atoms with Crippen LogP contribution < -0.4 is 5.32 Å². The van der Waals surface area contributed by atoms with Crippen LogP contribution in [0.1, 0.15) is 18.7 Å². The molecule has 0 aliphatic carbocycles. The van der Waals surface area contributed by atoms with Crippen LogP contribution in [0.25, 0.3) is 11.4 Å². The SMILES string of the molecule is CC(CNC(=O)Cn1cnnn1)c1nc(-c2ccccc2)no1. The van der Waals surface area contributed by atoms with Crippen LogP contribution in [0, 0.1) is 0 Å². The fourth-order valence-corrected chi connectivity index (χ4v) is 1.95. The number of hydrogen-bond acceptors (Lipinski definition) is 7. The van der Waals surface area contributed by atoms with Crippen LogP contribution in [-0.4, -0.2) is 42.8 Å². The second-order valence-corrected chi connectivity index (χ2v) is 5.03. The lowest BCUT2D eigenvalue weighted by Gasteiger charge is -2.08. The molecule has 23 heavy (non-hydrogen) atoms. The molecular formula is C14H15N7O2. The summed E-state index contributed by atoms with van der Waals surface area (Å²) in [7, 11) is 0. The minimum absolute atomic E-state index is 0.0683. The largest absolute Gasteiger partial charge is 0.354 e. The van der Waals surface area contributed by atoms with Gasteiger partial charge < -0.3 is 9.84 Å². The van der Waals surface area contributed by atoms with Crippen LogP contribution in [0.2, 0.25) is 0 Å². The molecule has 1 unspecified atom stereocenters. The van der Waals surface area contributed by atoms with E-state index >= 15 is 0 Å². The molecule has 1 atom stereocenters. The van der Waals surface area contributed by atoms with Gasteiger partial charge in [0.1, 0.15) is 12.9 Å². The lowest BCUT2D eigenvalue weighted by molar-refractivity contribution is -0.121. The number of rotatable bonds is 6. The molecule has 3 rings (SSSR count). The first-order valence-electron chi connectivity index (χ1n) is 7.09. The summed E-state index contributed by atoms with van der Waals surface area (Å²) in [6.45, 7) is 2.36. The van der Waals surface area contributed by atoms with Crippen LogP contribution in [0.3, 0.4) is 0 Å². The lowest BCUT2D eigenvalue weighted by atomic mass is 10.2. The van der Waals surface area contributed by atoms with Crippen molar-refractivity contribution in [3.05, 3.63) is 42.5 Å². The zero-order valence-electron chi connectivity index (χ0n) is 12.5. The summed E-state index contributed by atoms with van der Waals surface area (Å²) in [5, 5.41) is 17.3. The van der Waals surface area contributed by atoms with Crippen LogP contribution in [0.4, 0.5) is 0 Å². The Kier molecular flexibility index (Phi) is 4.37. The standard InChI is InChI=1S/C14H15N7O2/c1-10(7-15-12(22)8-21-9-16-19-20-21)14-17-13(18-23-14)11-5-3-2-4-6-11/h2-6,9-10H,7-8H2,1H3,(H,15,22). The van der Waals surface area contributed by atoms with E-state index in [4.69, 9.17) is 4.52 Å². The molecule has 2 aromatic heterocycles. The van der Waals surface area contributed by atoms with E-state index in [1.165, 1.54) is 11.0 Å². The van der Waals surface area contributed by atoms with E-state index in [0.29, 0.717) is 18.3 Å². The zero-order chi connectivity index (χ0) is 16.1. The van der Waals surface area contributed by atoms with Gasteiger partial charge in [0.05, 0.1) is 5.92 Å². The van der Waals surface area contributed by atoms with Gasteiger partial charge in [-0.15, -0.1) is 5.10 Å². The minimum Gasteiger partial charge on any atom is -0.354 e. The molecule has 0 saturated carbocycles. The van der Waals surface area contributed by atoms with E-state index in [9.17, 15) is 4.79 Å². The van der Waals surface area contributed by atoms with Crippen molar-refractivity contribution in [1.82, 2.24) is 35.7 Å². The van der Waals surface area contributed by atoms with Gasteiger partial charge >= 0.3 is 0 Å². The number of aromatic nitrogens is 6. The number of nitrogens with one attached hydrogen (secondary N) is 1. The summed E-state index contributed by atoms with van der Waals surface area (Å²) in [6.07, 6.45) is 1.38. The van der Waals surface area contributed by atoms with E-state index in [0.717, 1.165) is 5.56 Å². The van der Waals surface area contributed by atoms with Crippen molar-refractivity contribution in [2.45, 2.75) is 19.4 Å².